The Labute approximate surface area is 107 Å². The van der Waals surface area contributed by atoms with Crippen molar-refractivity contribution < 1.29 is 4.79 Å². The summed E-state index contributed by atoms with van der Waals surface area (Å²) < 4.78 is 0. The zero-order chi connectivity index (χ0) is 13.2. The first-order valence-corrected chi connectivity index (χ1v) is 6.34. The van der Waals surface area contributed by atoms with Crippen LogP contribution >= 0.6 is 0 Å². The Hall–Kier alpha value is -1.49. The number of nitrogens with one attached hydrogen (secondary N) is 2. The Balaban J connectivity index is 2.10. The van der Waals surface area contributed by atoms with Crippen molar-refractivity contribution in [2.75, 3.05) is 18.4 Å². The second kappa shape index (κ2) is 5.02. The first-order valence-electron chi connectivity index (χ1n) is 6.34. The maximum Gasteiger partial charge on any atom is 0.232 e. The highest BCUT2D eigenvalue weighted by Crippen LogP contribution is 2.29. The van der Waals surface area contributed by atoms with Crippen molar-refractivity contribution in [2.24, 2.45) is 5.41 Å². The zero-order valence-corrected chi connectivity index (χ0v) is 11.2. The average Bonchev–Trinajstić information content (AvgIpc) is 2.28. The third-order valence-corrected chi connectivity index (χ3v) is 3.46. The van der Waals surface area contributed by atoms with Crippen molar-refractivity contribution in [2.45, 2.75) is 33.6 Å². The molecule has 0 atom stereocenters. The summed E-state index contributed by atoms with van der Waals surface area (Å²) in [6, 6.07) is 1.89. The van der Waals surface area contributed by atoms with Crippen LogP contribution in [-0.4, -0.2) is 29.0 Å². The molecule has 18 heavy (non-hydrogen) atoms. The number of hydrogen-bond acceptors (Lipinski definition) is 4. The Morgan fingerprint density at radius 1 is 1.28 bits per heavy atom. The number of anilines is 1. The SMILES string of the molecule is Cc1cc(C)nc(NC(=O)C2(C)CCNCC2)n1. The van der Waals surface area contributed by atoms with E-state index < -0.39 is 0 Å². The molecule has 1 aliphatic heterocycles. The quantitative estimate of drug-likeness (QED) is 0.830. The minimum atomic E-state index is -0.313. The molecule has 2 rings (SSSR count). The van der Waals surface area contributed by atoms with Crippen molar-refractivity contribution in [3.63, 3.8) is 0 Å². The van der Waals surface area contributed by atoms with Gasteiger partial charge in [0.05, 0.1) is 0 Å². The summed E-state index contributed by atoms with van der Waals surface area (Å²) in [5, 5.41) is 6.11. The number of rotatable bonds is 2. The second-order valence-corrected chi connectivity index (χ2v) is 5.24. The van der Waals surface area contributed by atoms with Crippen LogP contribution in [0.5, 0.6) is 0 Å². The minimum Gasteiger partial charge on any atom is -0.317 e. The summed E-state index contributed by atoms with van der Waals surface area (Å²) in [6.07, 6.45) is 1.70. The molecule has 0 radical (unpaired) electrons. The number of nitrogens with zero attached hydrogens (tertiary/aromatic N) is 2. The van der Waals surface area contributed by atoms with Crippen molar-refractivity contribution in [3.8, 4) is 0 Å². The lowest BCUT2D eigenvalue weighted by atomic mass is 9.80. The normalized spacial score (nSPS) is 18.4. The van der Waals surface area contributed by atoms with E-state index in [0.29, 0.717) is 5.95 Å². The standard InChI is InChI=1S/C13H20N4O/c1-9-8-10(2)16-12(15-9)17-11(18)13(3)4-6-14-7-5-13/h8,14H,4-7H2,1-3H3,(H,15,16,17,18). The molecular weight excluding hydrogens is 228 g/mol. The average molecular weight is 248 g/mol. The fraction of sp³-hybridized carbons (Fsp3) is 0.615. The molecule has 1 aromatic heterocycles. The van der Waals surface area contributed by atoms with Crippen LogP contribution in [0.15, 0.2) is 6.07 Å². The molecule has 98 valence electrons. The molecule has 0 aromatic carbocycles. The fourth-order valence-corrected chi connectivity index (χ4v) is 2.24. The Morgan fingerprint density at radius 3 is 2.39 bits per heavy atom. The predicted molar refractivity (Wildman–Crippen MR) is 70.3 cm³/mol. The summed E-state index contributed by atoms with van der Waals surface area (Å²) in [6.45, 7) is 7.58. The summed E-state index contributed by atoms with van der Waals surface area (Å²) in [7, 11) is 0. The molecule has 2 heterocycles. The Bertz CT molecular complexity index is 432. The van der Waals surface area contributed by atoms with Crippen molar-refractivity contribution >= 4 is 11.9 Å². The van der Waals surface area contributed by atoms with E-state index >= 15 is 0 Å². The predicted octanol–water partition coefficient (Wildman–Crippen LogP) is 1.42. The molecule has 1 amide bonds. The third kappa shape index (κ3) is 2.85. The van der Waals surface area contributed by atoms with E-state index in [0.717, 1.165) is 37.3 Å². The smallest absolute Gasteiger partial charge is 0.232 e. The van der Waals surface area contributed by atoms with Crippen LogP contribution in [-0.2, 0) is 4.79 Å². The lowest BCUT2D eigenvalue weighted by Gasteiger charge is -2.32. The lowest BCUT2D eigenvalue weighted by molar-refractivity contribution is -0.126. The highest BCUT2D eigenvalue weighted by atomic mass is 16.2. The number of carbonyl (C=O) groups excluding carboxylic acids is 1. The van der Waals surface area contributed by atoms with Gasteiger partial charge in [-0.2, -0.15) is 0 Å². The summed E-state index contributed by atoms with van der Waals surface area (Å²) in [4.78, 5) is 20.8. The summed E-state index contributed by atoms with van der Waals surface area (Å²) in [5.41, 5.74) is 1.42. The molecule has 2 N–H and O–H groups in total. The highest BCUT2D eigenvalue weighted by Gasteiger charge is 2.34. The van der Waals surface area contributed by atoms with Gasteiger partial charge in [-0.25, -0.2) is 9.97 Å². The number of aryl methyl sites for hydroxylation is 2. The minimum absolute atomic E-state index is 0.0222. The van der Waals surface area contributed by atoms with Crippen molar-refractivity contribution in [1.82, 2.24) is 15.3 Å². The molecule has 1 fully saturated rings. The van der Waals surface area contributed by atoms with Gasteiger partial charge in [-0.1, -0.05) is 6.92 Å². The van der Waals surface area contributed by atoms with Gasteiger partial charge < -0.3 is 5.32 Å². The fourth-order valence-electron chi connectivity index (χ4n) is 2.24. The molecule has 0 unspecified atom stereocenters. The zero-order valence-electron chi connectivity index (χ0n) is 11.2. The van der Waals surface area contributed by atoms with E-state index in [-0.39, 0.29) is 11.3 Å². The van der Waals surface area contributed by atoms with Crippen LogP contribution in [0.25, 0.3) is 0 Å². The molecular formula is C13H20N4O. The topological polar surface area (TPSA) is 66.9 Å². The van der Waals surface area contributed by atoms with Crippen LogP contribution in [0.2, 0.25) is 0 Å². The molecule has 5 nitrogen and oxygen atoms in total. The van der Waals surface area contributed by atoms with Crippen LogP contribution in [0.1, 0.15) is 31.2 Å². The third-order valence-electron chi connectivity index (χ3n) is 3.46. The Morgan fingerprint density at radius 2 is 1.83 bits per heavy atom. The van der Waals surface area contributed by atoms with Crippen LogP contribution in [0.4, 0.5) is 5.95 Å². The first kappa shape index (κ1) is 13.0. The highest BCUT2D eigenvalue weighted by molar-refractivity contribution is 5.93. The second-order valence-electron chi connectivity index (χ2n) is 5.24. The Kier molecular flexibility index (Phi) is 3.61. The molecule has 5 heteroatoms. The van der Waals surface area contributed by atoms with E-state index in [4.69, 9.17) is 0 Å². The number of piperidine rings is 1. The van der Waals surface area contributed by atoms with Gasteiger partial charge >= 0.3 is 0 Å². The van der Waals surface area contributed by atoms with Crippen LogP contribution < -0.4 is 10.6 Å². The van der Waals surface area contributed by atoms with E-state index in [9.17, 15) is 4.79 Å². The maximum atomic E-state index is 12.3. The number of hydrogen-bond donors (Lipinski definition) is 2. The number of amides is 1. The molecule has 0 spiro atoms. The molecule has 0 bridgehead atoms. The molecule has 1 saturated heterocycles. The van der Waals surface area contributed by atoms with Gasteiger partial charge in [-0.05, 0) is 45.8 Å². The van der Waals surface area contributed by atoms with Gasteiger partial charge in [0.25, 0.3) is 0 Å². The van der Waals surface area contributed by atoms with Gasteiger partial charge in [0.1, 0.15) is 0 Å². The van der Waals surface area contributed by atoms with E-state index in [1.165, 1.54) is 0 Å². The van der Waals surface area contributed by atoms with Crippen LogP contribution in [0.3, 0.4) is 0 Å². The lowest BCUT2D eigenvalue weighted by Crippen LogP contribution is -2.43. The monoisotopic (exact) mass is 248 g/mol. The van der Waals surface area contributed by atoms with Crippen molar-refractivity contribution in [1.29, 1.82) is 0 Å². The van der Waals surface area contributed by atoms with E-state index in [1.54, 1.807) is 0 Å². The molecule has 0 aliphatic carbocycles. The van der Waals surface area contributed by atoms with E-state index in [2.05, 4.69) is 20.6 Å². The molecule has 1 aromatic rings. The van der Waals surface area contributed by atoms with Gasteiger partial charge in [0, 0.05) is 16.8 Å². The summed E-state index contributed by atoms with van der Waals surface area (Å²) in [5.74, 6) is 0.436. The maximum absolute atomic E-state index is 12.3. The number of carbonyl (C=O) groups is 1. The van der Waals surface area contributed by atoms with Gasteiger partial charge in [-0.15, -0.1) is 0 Å². The van der Waals surface area contributed by atoms with Crippen LogP contribution in [0, 0.1) is 19.3 Å². The first-order chi connectivity index (χ1) is 8.49. The van der Waals surface area contributed by atoms with Gasteiger partial charge in [0.2, 0.25) is 11.9 Å². The molecule has 1 aliphatic rings. The van der Waals surface area contributed by atoms with Gasteiger partial charge in [-0.3, -0.25) is 10.1 Å². The summed E-state index contributed by atoms with van der Waals surface area (Å²) >= 11 is 0. The number of aromatic nitrogens is 2. The largest absolute Gasteiger partial charge is 0.317 e. The molecule has 0 saturated carbocycles. The van der Waals surface area contributed by atoms with Crippen molar-refractivity contribution in [3.05, 3.63) is 17.5 Å². The van der Waals surface area contributed by atoms with Gasteiger partial charge in [0.15, 0.2) is 0 Å². The van der Waals surface area contributed by atoms with E-state index in [1.807, 2.05) is 26.8 Å².